The highest BCUT2D eigenvalue weighted by molar-refractivity contribution is 7.99. The number of hydrogen-bond donors (Lipinski definition) is 1. The number of benzene rings is 1. The van der Waals surface area contributed by atoms with Gasteiger partial charge in [0.05, 0.1) is 11.3 Å². The minimum Gasteiger partial charge on any atom is -0.453 e. The van der Waals surface area contributed by atoms with Crippen LogP contribution in [0.2, 0.25) is 0 Å². The molecular weight excluding hydrogens is 379 g/mol. The normalized spacial score (nSPS) is 14.0. The molecule has 6 nitrogen and oxygen atoms in total. The average molecular weight is 391 g/mol. The number of furan rings is 1. The lowest BCUT2D eigenvalue weighted by Crippen LogP contribution is -2.04. The second-order valence-electron chi connectivity index (χ2n) is 5.67. The lowest BCUT2D eigenvalue weighted by molar-refractivity contribution is -0.137. The molecule has 3 aromatic rings. The van der Waals surface area contributed by atoms with Crippen molar-refractivity contribution >= 4 is 23.7 Å². The maximum Gasteiger partial charge on any atom is 0.416 e. The zero-order chi connectivity index (χ0) is 18.9. The molecule has 0 saturated heterocycles. The average Bonchev–Trinajstić information content (AvgIpc) is 3.39. The van der Waals surface area contributed by atoms with Crippen molar-refractivity contribution < 1.29 is 17.6 Å². The fourth-order valence-corrected chi connectivity index (χ4v) is 3.17. The number of H-pyrrole nitrogens is 1. The van der Waals surface area contributed by atoms with Crippen LogP contribution in [-0.4, -0.2) is 32.9 Å². The maximum absolute atomic E-state index is 12.9. The first-order valence-corrected chi connectivity index (χ1v) is 8.88. The monoisotopic (exact) mass is 391 g/mol. The number of hydrogen-bond acceptors (Lipinski definition) is 6. The number of aromatic amines is 1. The third-order valence-corrected chi connectivity index (χ3v) is 4.67. The Morgan fingerprint density at radius 3 is 2.78 bits per heavy atom. The molecule has 1 aliphatic rings. The van der Waals surface area contributed by atoms with Gasteiger partial charge in [0, 0.05) is 24.0 Å². The number of thioether (sulfide) groups is 1. The molecule has 4 rings (SSSR count). The Morgan fingerprint density at radius 1 is 1.15 bits per heavy atom. The van der Waals surface area contributed by atoms with E-state index in [9.17, 15) is 13.2 Å². The quantitative estimate of drug-likeness (QED) is 0.641. The summed E-state index contributed by atoms with van der Waals surface area (Å²) in [5, 5.41) is 15.2. The topological polar surface area (TPSA) is 79.4 Å². The fourth-order valence-electron chi connectivity index (χ4n) is 2.44. The van der Waals surface area contributed by atoms with Crippen LogP contribution < -0.4 is 0 Å². The van der Waals surface area contributed by atoms with Crippen molar-refractivity contribution in [2.45, 2.75) is 17.8 Å². The van der Waals surface area contributed by atoms with Crippen molar-refractivity contribution in [3.8, 4) is 22.9 Å². The second-order valence-corrected chi connectivity index (χ2v) is 6.61. The second kappa shape index (κ2) is 7.03. The molecule has 0 radical (unpaired) electrons. The smallest absolute Gasteiger partial charge is 0.416 e. The van der Waals surface area contributed by atoms with Crippen LogP contribution in [0.4, 0.5) is 13.2 Å². The Kier molecular flexibility index (Phi) is 4.56. The highest BCUT2D eigenvalue weighted by Gasteiger charge is 2.30. The lowest BCUT2D eigenvalue weighted by atomic mass is 10.1. The molecule has 0 spiro atoms. The summed E-state index contributed by atoms with van der Waals surface area (Å²) >= 11 is 1.41. The van der Waals surface area contributed by atoms with Gasteiger partial charge in [0.2, 0.25) is 5.16 Å². The van der Waals surface area contributed by atoms with E-state index in [0.717, 1.165) is 24.3 Å². The molecule has 2 aromatic heterocycles. The van der Waals surface area contributed by atoms with Crippen LogP contribution in [-0.2, 0) is 6.18 Å². The van der Waals surface area contributed by atoms with Crippen LogP contribution in [0.15, 0.2) is 56.2 Å². The SMILES string of the molecule is FC(F)(F)c1cccc(-c2ccc(-c3nc(SCC4=NN=CC4)n[nH]3)o2)c1. The lowest BCUT2D eigenvalue weighted by Gasteiger charge is -2.07. The Hall–Kier alpha value is -2.88. The summed E-state index contributed by atoms with van der Waals surface area (Å²) in [6.45, 7) is 0. The molecule has 0 bridgehead atoms. The molecule has 0 atom stereocenters. The van der Waals surface area contributed by atoms with Crippen LogP contribution in [0.1, 0.15) is 12.0 Å². The number of nitrogens with one attached hydrogen (secondary N) is 1. The molecule has 0 unspecified atom stereocenters. The van der Waals surface area contributed by atoms with Gasteiger partial charge in [0.1, 0.15) is 5.76 Å². The van der Waals surface area contributed by atoms with Crippen LogP contribution in [0.3, 0.4) is 0 Å². The zero-order valence-electron chi connectivity index (χ0n) is 13.7. The highest BCUT2D eigenvalue weighted by Crippen LogP contribution is 2.33. The Bertz CT molecular complexity index is 1020. The van der Waals surface area contributed by atoms with Gasteiger partial charge in [-0.25, -0.2) is 0 Å². The Morgan fingerprint density at radius 2 is 2.00 bits per heavy atom. The number of aromatic nitrogens is 3. The maximum atomic E-state index is 12.9. The van der Waals surface area contributed by atoms with Crippen molar-refractivity contribution in [3.05, 3.63) is 42.0 Å². The number of alkyl halides is 3. The summed E-state index contributed by atoms with van der Waals surface area (Å²) in [5.74, 6) is 1.74. The van der Waals surface area contributed by atoms with E-state index in [4.69, 9.17) is 4.42 Å². The minimum atomic E-state index is -4.41. The van der Waals surface area contributed by atoms with Crippen LogP contribution in [0.5, 0.6) is 0 Å². The van der Waals surface area contributed by atoms with Gasteiger partial charge in [-0.05, 0) is 24.3 Å². The standard InChI is InChI=1S/C17H12F3N5OS/c18-17(19,20)11-3-1-2-10(8-11)13-4-5-14(26-13)15-22-16(25-24-15)27-9-12-6-7-21-23-12/h1-5,7-8H,6,9H2,(H,22,24,25). The molecule has 1 N–H and O–H groups in total. The summed E-state index contributed by atoms with van der Waals surface area (Å²) in [4.78, 5) is 4.33. The predicted octanol–water partition coefficient (Wildman–Crippen LogP) is 4.67. The van der Waals surface area contributed by atoms with Gasteiger partial charge in [0.15, 0.2) is 11.6 Å². The molecule has 0 amide bonds. The van der Waals surface area contributed by atoms with Crippen molar-refractivity contribution in [1.82, 2.24) is 15.2 Å². The molecule has 1 aliphatic heterocycles. The molecule has 0 fully saturated rings. The third kappa shape index (κ3) is 3.95. The van der Waals surface area contributed by atoms with Gasteiger partial charge < -0.3 is 4.42 Å². The van der Waals surface area contributed by atoms with Gasteiger partial charge in [0.25, 0.3) is 0 Å². The summed E-state index contributed by atoms with van der Waals surface area (Å²) in [7, 11) is 0. The van der Waals surface area contributed by atoms with E-state index in [0.29, 0.717) is 33.8 Å². The molecule has 10 heteroatoms. The van der Waals surface area contributed by atoms with E-state index < -0.39 is 11.7 Å². The number of rotatable bonds is 5. The van der Waals surface area contributed by atoms with Crippen molar-refractivity contribution in [3.63, 3.8) is 0 Å². The summed E-state index contributed by atoms with van der Waals surface area (Å²) in [5.41, 5.74) is 0.552. The molecule has 138 valence electrons. The van der Waals surface area contributed by atoms with E-state index in [2.05, 4.69) is 25.4 Å². The van der Waals surface area contributed by atoms with Gasteiger partial charge in [-0.15, -0.1) is 5.10 Å². The van der Waals surface area contributed by atoms with E-state index in [-0.39, 0.29) is 0 Å². The van der Waals surface area contributed by atoms with Gasteiger partial charge in [-0.3, -0.25) is 5.10 Å². The first kappa shape index (κ1) is 17.5. The fraction of sp³-hybridized carbons (Fsp3) is 0.176. The predicted molar refractivity (Wildman–Crippen MR) is 95.8 cm³/mol. The third-order valence-electron chi connectivity index (χ3n) is 3.75. The zero-order valence-corrected chi connectivity index (χ0v) is 14.5. The number of nitrogens with zero attached hydrogens (tertiary/aromatic N) is 4. The van der Waals surface area contributed by atoms with Crippen LogP contribution in [0.25, 0.3) is 22.9 Å². The Balaban J connectivity index is 1.50. The largest absolute Gasteiger partial charge is 0.453 e. The minimum absolute atomic E-state index is 0.319. The van der Waals surface area contributed by atoms with E-state index >= 15 is 0 Å². The van der Waals surface area contributed by atoms with E-state index in [1.807, 2.05) is 0 Å². The van der Waals surface area contributed by atoms with Gasteiger partial charge >= 0.3 is 6.18 Å². The van der Waals surface area contributed by atoms with Gasteiger partial charge in [-0.1, -0.05) is 23.9 Å². The molecular formula is C17H12F3N5OS. The first-order valence-electron chi connectivity index (χ1n) is 7.89. The van der Waals surface area contributed by atoms with E-state index in [1.54, 1.807) is 24.4 Å². The molecule has 0 aliphatic carbocycles. The van der Waals surface area contributed by atoms with Crippen molar-refractivity contribution in [1.29, 1.82) is 0 Å². The van der Waals surface area contributed by atoms with Gasteiger partial charge in [-0.2, -0.15) is 28.4 Å². The first-order chi connectivity index (χ1) is 13.0. The van der Waals surface area contributed by atoms with Crippen LogP contribution in [0, 0.1) is 0 Å². The molecule has 1 aromatic carbocycles. The molecule has 3 heterocycles. The summed E-state index contributed by atoms with van der Waals surface area (Å²) in [6.07, 6.45) is -1.95. The van der Waals surface area contributed by atoms with Crippen LogP contribution >= 0.6 is 11.8 Å². The molecule has 0 saturated carbocycles. The number of halogens is 3. The van der Waals surface area contributed by atoms with Crippen molar-refractivity contribution in [2.75, 3.05) is 5.75 Å². The van der Waals surface area contributed by atoms with Crippen molar-refractivity contribution in [2.24, 2.45) is 10.2 Å². The van der Waals surface area contributed by atoms with E-state index in [1.165, 1.54) is 17.8 Å². The molecule has 27 heavy (non-hydrogen) atoms. The summed E-state index contributed by atoms with van der Waals surface area (Å²) in [6, 6.07) is 8.22. The summed E-state index contributed by atoms with van der Waals surface area (Å²) < 4.78 is 44.3. The highest BCUT2D eigenvalue weighted by atomic mass is 32.2. The Labute approximate surface area is 155 Å².